The van der Waals surface area contributed by atoms with Gasteiger partial charge >= 0.3 is 0 Å². The van der Waals surface area contributed by atoms with E-state index in [9.17, 15) is 4.79 Å². The molecule has 5 heteroatoms. The fraction of sp³-hybridized carbons (Fsp3) is 0.500. The second-order valence-corrected chi connectivity index (χ2v) is 5.25. The van der Waals surface area contributed by atoms with Gasteiger partial charge in [-0.25, -0.2) is 0 Å². The molecule has 1 aliphatic carbocycles. The first kappa shape index (κ1) is 12.4. The molecule has 0 radical (unpaired) electrons. The van der Waals surface area contributed by atoms with E-state index >= 15 is 0 Å². The van der Waals surface area contributed by atoms with Gasteiger partial charge in [0, 0.05) is 32.2 Å². The lowest BCUT2D eigenvalue weighted by molar-refractivity contribution is 0.0628. The van der Waals surface area contributed by atoms with E-state index in [4.69, 9.17) is 5.84 Å². The minimum Gasteiger partial charge on any atom is -0.336 e. The van der Waals surface area contributed by atoms with Crippen molar-refractivity contribution < 1.29 is 4.79 Å². The molecular weight excluding hydrogens is 240 g/mol. The van der Waals surface area contributed by atoms with Gasteiger partial charge in [-0.15, -0.1) is 0 Å². The molecule has 1 aromatic carbocycles. The molecule has 1 amide bonds. The lowest BCUT2D eigenvalue weighted by atomic mass is 10.1. The van der Waals surface area contributed by atoms with Crippen LogP contribution in [0.5, 0.6) is 0 Å². The number of rotatable bonds is 3. The fourth-order valence-corrected chi connectivity index (χ4v) is 2.70. The Balaban J connectivity index is 1.67. The molecule has 0 atom stereocenters. The minimum absolute atomic E-state index is 0.0731. The Kier molecular flexibility index (Phi) is 3.40. The Hall–Kier alpha value is -1.59. The zero-order valence-corrected chi connectivity index (χ0v) is 11.0. The summed E-state index contributed by atoms with van der Waals surface area (Å²) in [6, 6.07) is 8.18. The highest BCUT2D eigenvalue weighted by molar-refractivity contribution is 5.99. The van der Waals surface area contributed by atoms with Crippen LogP contribution in [0.25, 0.3) is 0 Å². The number of carbonyl (C=O) groups is 1. The smallest absolute Gasteiger partial charge is 0.256 e. The molecule has 1 aliphatic heterocycles. The Labute approximate surface area is 113 Å². The number of nitrogens with one attached hydrogen (secondary N) is 1. The lowest BCUT2D eigenvalue weighted by Gasteiger charge is -2.35. The van der Waals surface area contributed by atoms with Crippen LogP contribution in [-0.2, 0) is 0 Å². The molecule has 0 aromatic heterocycles. The molecule has 0 unspecified atom stereocenters. The molecular formula is C14H20N4O. The molecule has 0 bridgehead atoms. The Morgan fingerprint density at radius 2 is 1.84 bits per heavy atom. The van der Waals surface area contributed by atoms with Gasteiger partial charge in [0.05, 0.1) is 11.3 Å². The molecule has 2 aliphatic rings. The number of hydrazine groups is 1. The second kappa shape index (κ2) is 5.19. The molecule has 0 spiro atoms. The molecule has 3 N–H and O–H groups in total. The molecule has 1 aromatic rings. The Bertz CT molecular complexity index is 464. The van der Waals surface area contributed by atoms with Crippen LogP contribution in [0.4, 0.5) is 5.69 Å². The van der Waals surface area contributed by atoms with Gasteiger partial charge in [0.1, 0.15) is 0 Å². The lowest BCUT2D eigenvalue weighted by Crippen LogP contribution is -2.49. The van der Waals surface area contributed by atoms with Gasteiger partial charge in [0.2, 0.25) is 0 Å². The fourth-order valence-electron chi connectivity index (χ4n) is 2.70. The normalized spacial score (nSPS) is 20.4. The van der Waals surface area contributed by atoms with Gasteiger partial charge in [0.15, 0.2) is 0 Å². The number of benzene rings is 1. The first-order chi connectivity index (χ1) is 9.29. The summed E-state index contributed by atoms with van der Waals surface area (Å²) in [6.07, 6.45) is 2.65. The minimum atomic E-state index is 0.0731. The Morgan fingerprint density at radius 1 is 1.16 bits per heavy atom. The van der Waals surface area contributed by atoms with Crippen molar-refractivity contribution in [2.45, 2.75) is 18.9 Å². The number of anilines is 1. The van der Waals surface area contributed by atoms with Crippen LogP contribution in [0.15, 0.2) is 24.3 Å². The van der Waals surface area contributed by atoms with Gasteiger partial charge < -0.3 is 10.3 Å². The van der Waals surface area contributed by atoms with Crippen molar-refractivity contribution >= 4 is 11.6 Å². The summed E-state index contributed by atoms with van der Waals surface area (Å²) < 4.78 is 0. The maximum Gasteiger partial charge on any atom is 0.256 e. The third kappa shape index (κ3) is 2.57. The number of hydrogen-bond donors (Lipinski definition) is 2. The van der Waals surface area contributed by atoms with Crippen LogP contribution >= 0.6 is 0 Å². The quantitative estimate of drug-likeness (QED) is 0.626. The third-order valence-corrected chi connectivity index (χ3v) is 3.98. The molecule has 5 nitrogen and oxygen atoms in total. The number of carbonyl (C=O) groups excluding carboxylic acids is 1. The molecule has 102 valence electrons. The van der Waals surface area contributed by atoms with Gasteiger partial charge in [-0.1, -0.05) is 12.1 Å². The highest BCUT2D eigenvalue weighted by Gasteiger charge is 2.32. The van der Waals surface area contributed by atoms with Crippen LogP contribution in [0, 0.1) is 0 Å². The van der Waals surface area contributed by atoms with E-state index in [0.29, 0.717) is 11.3 Å². The predicted octanol–water partition coefficient (Wildman–Crippen LogP) is 0.892. The van der Waals surface area contributed by atoms with Crippen LogP contribution in [0.3, 0.4) is 0 Å². The number of nitrogens with zero attached hydrogens (tertiary/aromatic N) is 2. The number of hydrogen-bond acceptors (Lipinski definition) is 4. The summed E-state index contributed by atoms with van der Waals surface area (Å²) in [7, 11) is 0. The van der Waals surface area contributed by atoms with Crippen molar-refractivity contribution in [1.82, 2.24) is 9.80 Å². The zero-order chi connectivity index (χ0) is 13.2. The van der Waals surface area contributed by atoms with E-state index < -0.39 is 0 Å². The second-order valence-electron chi connectivity index (χ2n) is 5.25. The average Bonchev–Trinajstić information content (AvgIpc) is 3.31. The highest BCUT2D eigenvalue weighted by Crippen LogP contribution is 2.28. The molecule has 1 heterocycles. The monoisotopic (exact) mass is 260 g/mol. The average molecular weight is 260 g/mol. The molecule has 1 saturated carbocycles. The summed E-state index contributed by atoms with van der Waals surface area (Å²) in [5, 5.41) is 0. The summed E-state index contributed by atoms with van der Waals surface area (Å²) in [6.45, 7) is 3.62. The van der Waals surface area contributed by atoms with Crippen molar-refractivity contribution in [2.75, 3.05) is 31.6 Å². The maximum atomic E-state index is 12.5. The van der Waals surface area contributed by atoms with Crippen molar-refractivity contribution in [2.24, 2.45) is 5.84 Å². The van der Waals surface area contributed by atoms with Crippen molar-refractivity contribution in [3.8, 4) is 0 Å². The van der Waals surface area contributed by atoms with E-state index in [2.05, 4.69) is 10.3 Å². The van der Waals surface area contributed by atoms with E-state index in [1.807, 2.05) is 29.2 Å². The number of para-hydroxylation sites is 1. The van der Waals surface area contributed by atoms with E-state index in [1.54, 1.807) is 0 Å². The molecule has 19 heavy (non-hydrogen) atoms. The van der Waals surface area contributed by atoms with Crippen LogP contribution < -0.4 is 11.3 Å². The Morgan fingerprint density at radius 3 is 2.47 bits per heavy atom. The van der Waals surface area contributed by atoms with E-state index in [1.165, 1.54) is 12.8 Å². The first-order valence-electron chi connectivity index (χ1n) is 6.88. The molecule has 2 fully saturated rings. The highest BCUT2D eigenvalue weighted by atomic mass is 16.2. The van der Waals surface area contributed by atoms with Gasteiger partial charge in [-0.3, -0.25) is 15.5 Å². The number of nitrogens with two attached hydrogens (primary N) is 1. The predicted molar refractivity (Wildman–Crippen MR) is 74.8 cm³/mol. The SMILES string of the molecule is NNc1ccccc1C(=O)N1CCN(C2CC2)CC1. The van der Waals surface area contributed by atoms with Crippen molar-refractivity contribution in [3.63, 3.8) is 0 Å². The van der Waals surface area contributed by atoms with Crippen molar-refractivity contribution in [3.05, 3.63) is 29.8 Å². The van der Waals surface area contributed by atoms with Crippen LogP contribution in [-0.4, -0.2) is 47.9 Å². The van der Waals surface area contributed by atoms with Crippen molar-refractivity contribution in [1.29, 1.82) is 0 Å². The number of amides is 1. The summed E-state index contributed by atoms with van der Waals surface area (Å²) in [4.78, 5) is 16.9. The van der Waals surface area contributed by atoms with Gasteiger partial charge in [0.25, 0.3) is 5.91 Å². The maximum absolute atomic E-state index is 12.5. The number of nitrogen functional groups attached to an aromatic ring is 1. The van der Waals surface area contributed by atoms with E-state index in [-0.39, 0.29) is 5.91 Å². The third-order valence-electron chi connectivity index (χ3n) is 3.98. The zero-order valence-electron chi connectivity index (χ0n) is 11.0. The molecule has 1 saturated heterocycles. The summed E-state index contributed by atoms with van der Waals surface area (Å²) in [5.41, 5.74) is 3.94. The number of piperazine rings is 1. The van der Waals surface area contributed by atoms with Gasteiger partial charge in [-0.2, -0.15) is 0 Å². The molecule has 3 rings (SSSR count). The summed E-state index contributed by atoms with van der Waals surface area (Å²) >= 11 is 0. The standard InChI is InChI=1S/C14H20N4O/c15-16-13-4-2-1-3-12(13)14(19)18-9-7-17(8-10-18)11-5-6-11/h1-4,11,16H,5-10,15H2. The van der Waals surface area contributed by atoms with Gasteiger partial charge in [-0.05, 0) is 25.0 Å². The summed E-state index contributed by atoms with van der Waals surface area (Å²) in [5.74, 6) is 5.53. The van der Waals surface area contributed by atoms with E-state index in [0.717, 1.165) is 32.2 Å². The first-order valence-corrected chi connectivity index (χ1v) is 6.88. The topological polar surface area (TPSA) is 61.6 Å². The largest absolute Gasteiger partial charge is 0.336 e. The van der Waals surface area contributed by atoms with Crippen LogP contribution in [0.1, 0.15) is 23.2 Å². The van der Waals surface area contributed by atoms with Crippen LogP contribution in [0.2, 0.25) is 0 Å².